The third-order valence-corrected chi connectivity index (χ3v) is 8.77. The van der Waals surface area contributed by atoms with Crippen LogP contribution in [0, 0.1) is 12.8 Å². The Hall–Kier alpha value is -2.23. The van der Waals surface area contributed by atoms with Gasteiger partial charge in [0.05, 0.1) is 15.7 Å². The summed E-state index contributed by atoms with van der Waals surface area (Å²) < 4.78 is 27.2. The molecule has 2 aliphatic rings. The first-order valence-corrected chi connectivity index (χ1v) is 12.9. The van der Waals surface area contributed by atoms with Gasteiger partial charge >= 0.3 is 0 Å². The molecule has 0 radical (unpaired) electrons. The Morgan fingerprint density at radius 1 is 0.968 bits per heavy atom. The van der Waals surface area contributed by atoms with E-state index in [9.17, 15) is 18.0 Å². The minimum absolute atomic E-state index is 0.0125. The fraction of sp³-hybridized carbons (Fsp3) is 0.455. The van der Waals surface area contributed by atoms with E-state index in [2.05, 4.69) is 0 Å². The zero-order valence-electron chi connectivity index (χ0n) is 17.6. The summed E-state index contributed by atoms with van der Waals surface area (Å²) in [4.78, 5) is 30.3. The maximum atomic E-state index is 13.1. The van der Waals surface area contributed by atoms with Crippen LogP contribution in [0.5, 0.6) is 0 Å². The van der Waals surface area contributed by atoms with Crippen LogP contribution in [0.15, 0.2) is 46.7 Å². The highest BCUT2D eigenvalue weighted by atomic mass is 32.2. The fourth-order valence-electron chi connectivity index (χ4n) is 4.19. The van der Waals surface area contributed by atoms with Crippen molar-refractivity contribution in [2.45, 2.75) is 24.7 Å². The van der Waals surface area contributed by atoms with Crippen molar-refractivity contribution in [1.82, 2.24) is 14.1 Å². The van der Waals surface area contributed by atoms with Gasteiger partial charge < -0.3 is 9.80 Å². The van der Waals surface area contributed by atoms with Gasteiger partial charge in [-0.25, -0.2) is 8.42 Å². The monoisotopic (exact) mass is 461 g/mol. The maximum absolute atomic E-state index is 13.1. The predicted molar refractivity (Wildman–Crippen MR) is 119 cm³/mol. The van der Waals surface area contributed by atoms with Gasteiger partial charge in [0.15, 0.2) is 0 Å². The molecular weight excluding hydrogens is 434 g/mol. The Bertz CT molecular complexity index is 1030. The topological polar surface area (TPSA) is 78.0 Å². The fourth-order valence-corrected chi connectivity index (χ4v) is 6.30. The molecule has 2 amide bonds. The van der Waals surface area contributed by atoms with E-state index in [4.69, 9.17) is 0 Å². The molecule has 0 spiro atoms. The van der Waals surface area contributed by atoms with Gasteiger partial charge in [-0.1, -0.05) is 23.8 Å². The highest BCUT2D eigenvalue weighted by Crippen LogP contribution is 2.24. The van der Waals surface area contributed by atoms with Gasteiger partial charge in [0, 0.05) is 39.3 Å². The van der Waals surface area contributed by atoms with Crippen LogP contribution in [0.1, 0.15) is 28.1 Å². The van der Waals surface area contributed by atoms with Crippen molar-refractivity contribution in [2.24, 2.45) is 5.92 Å². The first-order valence-electron chi connectivity index (χ1n) is 10.5. The number of thiophene rings is 1. The number of hydrogen-bond donors (Lipinski definition) is 0. The number of benzene rings is 1. The SMILES string of the molecule is Cc1ccc(S(=O)(=O)N2CCN(C(=O)[C@H]3CCCN(C(=O)c4cccs4)C3)CC2)cc1. The number of likely N-dealkylation sites (tertiary alicyclic amines) is 1. The van der Waals surface area contributed by atoms with E-state index >= 15 is 0 Å². The Morgan fingerprint density at radius 2 is 1.68 bits per heavy atom. The number of aryl methyl sites for hydroxylation is 1. The number of sulfonamides is 1. The summed E-state index contributed by atoms with van der Waals surface area (Å²) in [7, 11) is -3.55. The second-order valence-electron chi connectivity index (χ2n) is 8.11. The molecule has 0 bridgehead atoms. The molecule has 166 valence electrons. The summed E-state index contributed by atoms with van der Waals surface area (Å²) in [6, 6.07) is 10.5. The van der Waals surface area contributed by atoms with Gasteiger partial charge in [-0.3, -0.25) is 9.59 Å². The predicted octanol–water partition coefficient (Wildman–Crippen LogP) is 2.44. The number of hydrogen-bond acceptors (Lipinski definition) is 5. The smallest absolute Gasteiger partial charge is 0.263 e. The first-order chi connectivity index (χ1) is 14.9. The van der Waals surface area contributed by atoms with Crippen LogP contribution < -0.4 is 0 Å². The van der Waals surface area contributed by atoms with Crippen LogP contribution in [0.2, 0.25) is 0 Å². The van der Waals surface area contributed by atoms with Gasteiger partial charge in [0.2, 0.25) is 15.9 Å². The van der Waals surface area contributed by atoms with Crippen molar-refractivity contribution in [1.29, 1.82) is 0 Å². The van der Waals surface area contributed by atoms with E-state index in [1.165, 1.54) is 15.6 Å². The Labute approximate surface area is 187 Å². The van der Waals surface area contributed by atoms with Gasteiger partial charge in [0.25, 0.3) is 5.91 Å². The lowest BCUT2D eigenvalue weighted by Gasteiger charge is -2.38. The molecule has 31 heavy (non-hydrogen) atoms. The van der Waals surface area contributed by atoms with Gasteiger partial charge in [0.1, 0.15) is 0 Å². The van der Waals surface area contributed by atoms with Crippen molar-refractivity contribution in [3.05, 3.63) is 52.2 Å². The van der Waals surface area contributed by atoms with Crippen LogP contribution in [0.4, 0.5) is 0 Å². The molecule has 1 aromatic heterocycles. The van der Waals surface area contributed by atoms with E-state index in [-0.39, 0.29) is 35.7 Å². The molecular formula is C22H27N3O4S2. The molecule has 2 saturated heterocycles. The maximum Gasteiger partial charge on any atom is 0.263 e. The number of amides is 2. The van der Waals surface area contributed by atoms with Gasteiger partial charge in [-0.15, -0.1) is 11.3 Å². The summed E-state index contributed by atoms with van der Waals surface area (Å²) in [6.07, 6.45) is 1.56. The van der Waals surface area contributed by atoms with E-state index in [1.807, 2.05) is 24.4 Å². The van der Waals surface area contributed by atoms with Crippen LogP contribution in [-0.2, 0) is 14.8 Å². The van der Waals surface area contributed by atoms with Gasteiger partial charge in [-0.2, -0.15) is 4.31 Å². The molecule has 2 aliphatic heterocycles. The van der Waals surface area contributed by atoms with E-state index < -0.39 is 10.0 Å². The molecule has 9 heteroatoms. The quantitative estimate of drug-likeness (QED) is 0.701. The Kier molecular flexibility index (Phi) is 6.45. The van der Waals surface area contributed by atoms with Crippen LogP contribution in [0.25, 0.3) is 0 Å². The summed E-state index contributed by atoms with van der Waals surface area (Å²) in [6.45, 7) is 4.33. The Morgan fingerprint density at radius 3 is 2.32 bits per heavy atom. The third-order valence-electron chi connectivity index (χ3n) is 6.00. The first kappa shape index (κ1) is 22.0. The molecule has 4 rings (SSSR count). The highest BCUT2D eigenvalue weighted by Gasteiger charge is 2.35. The van der Waals surface area contributed by atoms with Crippen LogP contribution >= 0.6 is 11.3 Å². The lowest BCUT2D eigenvalue weighted by Crippen LogP contribution is -2.54. The molecule has 3 heterocycles. The second kappa shape index (κ2) is 9.10. The highest BCUT2D eigenvalue weighted by molar-refractivity contribution is 7.89. The zero-order valence-corrected chi connectivity index (χ0v) is 19.2. The Balaban J connectivity index is 1.35. The van der Waals surface area contributed by atoms with Crippen molar-refractivity contribution in [2.75, 3.05) is 39.3 Å². The number of nitrogens with zero attached hydrogens (tertiary/aromatic N) is 3. The largest absolute Gasteiger partial charge is 0.340 e. The number of rotatable bonds is 4. The molecule has 7 nitrogen and oxygen atoms in total. The van der Waals surface area contributed by atoms with Crippen molar-refractivity contribution >= 4 is 33.2 Å². The molecule has 0 N–H and O–H groups in total. The molecule has 0 saturated carbocycles. The molecule has 0 unspecified atom stereocenters. The summed E-state index contributed by atoms with van der Waals surface area (Å²) in [5.41, 5.74) is 1.01. The third kappa shape index (κ3) is 4.68. The molecule has 0 aliphatic carbocycles. The molecule has 2 aromatic rings. The summed E-state index contributed by atoms with van der Waals surface area (Å²) >= 11 is 1.41. The minimum atomic E-state index is -3.55. The average molecular weight is 462 g/mol. The number of carbonyl (C=O) groups excluding carboxylic acids is 2. The van der Waals surface area contributed by atoms with E-state index in [1.54, 1.807) is 34.1 Å². The lowest BCUT2D eigenvalue weighted by atomic mass is 9.96. The molecule has 1 aromatic carbocycles. The van der Waals surface area contributed by atoms with Crippen molar-refractivity contribution < 1.29 is 18.0 Å². The van der Waals surface area contributed by atoms with Crippen molar-refractivity contribution in [3.63, 3.8) is 0 Å². The number of carbonyl (C=O) groups is 2. The number of piperazine rings is 1. The lowest BCUT2D eigenvalue weighted by molar-refractivity contribution is -0.138. The summed E-state index contributed by atoms with van der Waals surface area (Å²) in [5, 5.41) is 1.88. The standard InChI is InChI=1S/C22H27N3O4S2/c1-17-6-8-19(9-7-17)31(28,29)25-13-11-23(12-14-25)21(26)18-4-2-10-24(16-18)22(27)20-5-3-15-30-20/h3,5-9,15,18H,2,4,10-14,16H2,1H3/t18-/m0/s1. The average Bonchev–Trinajstić information content (AvgIpc) is 3.33. The van der Waals surface area contributed by atoms with Crippen molar-refractivity contribution in [3.8, 4) is 0 Å². The second-order valence-corrected chi connectivity index (χ2v) is 11.0. The number of piperidine rings is 1. The molecule has 2 fully saturated rings. The van der Waals surface area contributed by atoms with Crippen LogP contribution in [-0.4, -0.2) is 73.6 Å². The minimum Gasteiger partial charge on any atom is -0.340 e. The van der Waals surface area contributed by atoms with Crippen LogP contribution in [0.3, 0.4) is 0 Å². The van der Waals surface area contributed by atoms with E-state index in [0.717, 1.165) is 18.4 Å². The normalized spacial score (nSPS) is 20.6. The van der Waals surface area contributed by atoms with E-state index in [0.29, 0.717) is 31.1 Å². The molecule has 1 atom stereocenters. The van der Waals surface area contributed by atoms with Gasteiger partial charge in [-0.05, 0) is 43.3 Å². The zero-order chi connectivity index (χ0) is 22.0. The summed E-state index contributed by atoms with van der Waals surface area (Å²) in [5.74, 6) is -0.213.